The highest BCUT2D eigenvalue weighted by Gasteiger charge is 2.13. The number of carbonyl (C=O) groups excluding carboxylic acids is 2. The van der Waals surface area contributed by atoms with Gasteiger partial charge in [0, 0.05) is 29.9 Å². The summed E-state index contributed by atoms with van der Waals surface area (Å²) in [5.74, 6) is -0.0224. The fourth-order valence-corrected chi connectivity index (χ4v) is 3.05. The van der Waals surface area contributed by atoms with E-state index < -0.39 is 0 Å². The summed E-state index contributed by atoms with van der Waals surface area (Å²) in [6.07, 6.45) is 1.13. The van der Waals surface area contributed by atoms with Crippen LogP contribution < -0.4 is 5.32 Å². The van der Waals surface area contributed by atoms with E-state index in [0.29, 0.717) is 18.5 Å². The van der Waals surface area contributed by atoms with Crippen molar-refractivity contribution in [3.8, 4) is 0 Å². The SMILES string of the molecule is CC(=O)c1cc2cc(NC(=O)CCc3ccc(C(C)(C)C)cc3)ccc2[nH]1. The number of aromatic amines is 1. The van der Waals surface area contributed by atoms with Gasteiger partial charge in [-0.2, -0.15) is 0 Å². The van der Waals surface area contributed by atoms with Gasteiger partial charge < -0.3 is 10.3 Å². The number of carbonyl (C=O) groups is 2. The number of amides is 1. The lowest BCUT2D eigenvalue weighted by Gasteiger charge is -2.19. The van der Waals surface area contributed by atoms with E-state index in [2.05, 4.69) is 55.3 Å². The molecule has 0 radical (unpaired) electrons. The van der Waals surface area contributed by atoms with Crippen LogP contribution in [0.3, 0.4) is 0 Å². The zero-order chi connectivity index (χ0) is 19.6. The van der Waals surface area contributed by atoms with Gasteiger partial charge in [0.05, 0.1) is 5.69 Å². The second-order valence-corrected chi connectivity index (χ2v) is 8.04. The number of benzene rings is 2. The molecule has 0 bridgehead atoms. The summed E-state index contributed by atoms with van der Waals surface area (Å²) in [5, 5.41) is 3.85. The van der Waals surface area contributed by atoms with E-state index in [1.165, 1.54) is 12.5 Å². The van der Waals surface area contributed by atoms with E-state index in [1.807, 2.05) is 24.3 Å². The molecule has 3 rings (SSSR count). The van der Waals surface area contributed by atoms with Crippen LogP contribution in [0.15, 0.2) is 48.5 Å². The van der Waals surface area contributed by atoms with E-state index in [1.54, 1.807) is 0 Å². The summed E-state index contributed by atoms with van der Waals surface area (Å²) in [6.45, 7) is 8.10. The molecule has 0 aliphatic heterocycles. The minimum Gasteiger partial charge on any atom is -0.352 e. The lowest BCUT2D eigenvalue weighted by molar-refractivity contribution is -0.116. The molecule has 1 amide bonds. The van der Waals surface area contributed by atoms with Crippen molar-refractivity contribution in [1.29, 1.82) is 0 Å². The highest BCUT2D eigenvalue weighted by molar-refractivity contribution is 5.99. The van der Waals surface area contributed by atoms with Crippen molar-refractivity contribution in [3.05, 3.63) is 65.4 Å². The Hall–Kier alpha value is -2.88. The Bertz CT molecular complexity index is 976. The average molecular weight is 362 g/mol. The maximum Gasteiger partial charge on any atom is 0.224 e. The summed E-state index contributed by atoms with van der Waals surface area (Å²) in [6, 6.07) is 15.9. The standard InChI is InChI=1S/C23H26N2O2/c1-15(26)21-14-17-13-19(10-11-20(17)25-21)24-22(27)12-7-16-5-8-18(9-6-16)23(2,3)4/h5-6,8-11,13-14,25H,7,12H2,1-4H3,(H,24,27). The number of nitrogens with one attached hydrogen (secondary N) is 2. The van der Waals surface area contributed by atoms with Crippen molar-refractivity contribution in [1.82, 2.24) is 4.98 Å². The van der Waals surface area contributed by atoms with Gasteiger partial charge in [0.2, 0.25) is 5.91 Å². The van der Waals surface area contributed by atoms with E-state index in [-0.39, 0.29) is 17.1 Å². The number of aryl methyl sites for hydroxylation is 1. The third-order valence-electron chi connectivity index (χ3n) is 4.74. The topological polar surface area (TPSA) is 62.0 Å². The van der Waals surface area contributed by atoms with Crippen molar-refractivity contribution in [2.24, 2.45) is 0 Å². The number of ketones is 1. The number of hydrogen-bond acceptors (Lipinski definition) is 2. The molecule has 2 N–H and O–H groups in total. The number of Topliss-reactive ketones (excluding diaryl/α,β-unsaturated/α-hetero) is 1. The number of rotatable bonds is 5. The number of fused-ring (bicyclic) bond motifs is 1. The molecule has 140 valence electrons. The second-order valence-electron chi connectivity index (χ2n) is 8.04. The number of aromatic nitrogens is 1. The Morgan fingerprint density at radius 3 is 2.33 bits per heavy atom. The predicted molar refractivity (Wildman–Crippen MR) is 110 cm³/mol. The zero-order valence-corrected chi connectivity index (χ0v) is 16.3. The summed E-state index contributed by atoms with van der Waals surface area (Å²) < 4.78 is 0. The zero-order valence-electron chi connectivity index (χ0n) is 16.3. The third-order valence-corrected chi connectivity index (χ3v) is 4.74. The van der Waals surface area contributed by atoms with Crippen LogP contribution in [0.1, 0.15) is 55.7 Å². The molecule has 4 nitrogen and oxygen atoms in total. The van der Waals surface area contributed by atoms with Gasteiger partial charge in [0.1, 0.15) is 0 Å². The Morgan fingerprint density at radius 1 is 1.00 bits per heavy atom. The van der Waals surface area contributed by atoms with Crippen LogP contribution in [0.25, 0.3) is 10.9 Å². The molecule has 0 unspecified atom stereocenters. The lowest BCUT2D eigenvalue weighted by atomic mass is 9.86. The quantitative estimate of drug-likeness (QED) is 0.610. The monoisotopic (exact) mass is 362 g/mol. The molecule has 0 saturated heterocycles. The molecule has 0 fully saturated rings. The average Bonchev–Trinajstić information content (AvgIpc) is 3.03. The van der Waals surface area contributed by atoms with Gasteiger partial charge in [-0.1, -0.05) is 45.0 Å². The van der Waals surface area contributed by atoms with Crippen LogP contribution in [0, 0.1) is 0 Å². The summed E-state index contributed by atoms with van der Waals surface area (Å²) >= 11 is 0. The molecule has 0 atom stereocenters. The first kappa shape index (κ1) is 18.9. The van der Waals surface area contributed by atoms with E-state index >= 15 is 0 Å². The smallest absolute Gasteiger partial charge is 0.224 e. The predicted octanol–water partition coefficient (Wildman–Crippen LogP) is 5.24. The minimum atomic E-state index is -0.0171. The molecule has 1 heterocycles. The number of anilines is 1. The molecule has 27 heavy (non-hydrogen) atoms. The van der Waals surface area contributed by atoms with Crippen LogP contribution in [0.4, 0.5) is 5.69 Å². The van der Waals surface area contributed by atoms with Crippen molar-refractivity contribution >= 4 is 28.3 Å². The minimum absolute atomic E-state index is 0.00531. The van der Waals surface area contributed by atoms with E-state index in [9.17, 15) is 9.59 Å². The van der Waals surface area contributed by atoms with Gasteiger partial charge in [-0.25, -0.2) is 0 Å². The summed E-state index contributed by atoms with van der Waals surface area (Å²) in [7, 11) is 0. The van der Waals surface area contributed by atoms with Crippen molar-refractivity contribution < 1.29 is 9.59 Å². The fourth-order valence-electron chi connectivity index (χ4n) is 3.05. The summed E-state index contributed by atoms with van der Waals surface area (Å²) in [4.78, 5) is 26.8. The molecule has 0 spiro atoms. The van der Waals surface area contributed by atoms with Crippen molar-refractivity contribution in [2.75, 3.05) is 5.32 Å². The van der Waals surface area contributed by atoms with Crippen molar-refractivity contribution in [2.45, 2.75) is 46.0 Å². The number of hydrogen-bond donors (Lipinski definition) is 2. The van der Waals surface area contributed by atoms with Crippen molar-refractivity contribution in [3.63, 3.8) is 0 Å². The molecular formula is C23H26N2O2. The highest BCUT2D eigenvalue weighted by Crippen LogP contribution is 2.23. The Balaban J connectivity index is 1.60. The van der Waals surface area contributed by atoms with Crippen LogP contribution in [-0.4, -0.2) is 16.7 Å². The maximum absolute atomic E-state index is 12.3. The third kappa shape index (κ3) is 4.64. The molecular weight excluding hydrogens is 336 g/mol. The van der Waals surface area contributed by atoms with Gasteiger partial charge in [-0.15, -0.1) is 0 Å². The van der Waals surface area contributed by atoms with E-state index in [4.69, 9.17) is 0 Å². The van der Waals surface area contributed by atoms with Crippen LogP contribution in [0.2, 0.25) is 0 Å². The molecule has 3 aromatic rings. The van der Waals surface area contributed by atoms with Crippen LogP contribution >= 0.6 is 0 Å². The molecule has 0 aliphatic carbocycles. The first-order chi connectivity index (χ1) is 12.7. The normalized spacial score (nSPS) is 11.6. The Morgan fingerprint density at radius 2 is 1.70 bits per heavy atom. The summed E-state index contributed by atoms with van der Waals surface area (Å²) in [5.41, 5.74) is 4.79. The molecule has 0 saturated carbocycles. The van der Waals surface area contributed by atoms with E-state index in [0.717, 1.165) is 22.2 Å². The maximum atomic E-state index is 12.3. The first-order valence-electron chi connectivity index (χ1n) is 9.25. The second kappa shape index (κ2) is 7.39. The van der Waals surface area contributed by atoms with Gasteiger partial charge in [-0.3, -0.25) is 9.59 Å². The van der Waals surface area contributed by atoms with Gasteiger partial charge in [-0.05, 0) is 47.2 Å². The largest absolute Gasteiger partial charge is 0.352 e. The Labute approximate surface area is 160 Å². The van der Waals surface area contributed by atoms with Crippen LogP contribution in [-0.2, 0) is 16.6 Å². The van der Waals surface area contributed by atoms with Gasteiger partial charge in [0.25, 0.3) is 0 Å². The fraction of sp³-hybridized carbons (Fsp3) is 0.304. The Kier molecular flexibility index (Phi) is 5.17. The lowest BCUT2D eigenvalue weighted by Crippen LogP contribution is -2.13. The molecule has 2 aromatic carbocycles. The first-order valence-corrected chi connectivity index (χ1v) is 9.25. The van der Waals surface area contributed by atoms with Gasteiger partial charge >= 0.3 is 0 Å². The highest BCUT2D eigenvalue weighted by atomic mass is 16.1. The molecule has 1 aromatic heterocycles. The van der Waals surface area contributed by atoms with Crippen LogP contribution in [0.5, 0.6) is 0 Å². The molecule has 4 heteroatoms. The molecule has 0 aliphatic rings. The number of H-pyrrole nitrogens is 1. The van der Waals surface area contributed by atoms with Gasteiger partial charge in [0.15, 0.2) is 5.78 Å².